The van der Waals surface area contributed by atoms with Crippen LogP contribution in [-0.4, -0.2) is 11.2 Å². The number of nitrogens with one attached hydrogen (secondary N) is 1. The van der Waals surface area contributed by atoms with Crippen LogP contribution < -0.4 is 10.2 Å². The van der Waals surface area contributed by atoms with E-state index >= 15 is 0 Å². The van der Waals surface area contributed by atoms with Crippen LogP contribution in [0.15, 0.2) is 71.3 Å². The maximum Gasteiger partial charge on any atom is 0.203 e. The number of hydrogen-bond donors (Lipinski definition) is 1. The van der Waals surface area contributed by atoms with E-state index in [2.05, 4.69) is 15.5 Å². The van der Waals surface area contributed by atoms with Crippen molar-refractivity contribution in [1.82, 2.24) is 4.98 Å². The fourth-order valence-electron chi connectivity index (χ4n) is 1.72. The van der Waals surface area contributed by atoms with E-state index in [1.54, 1.807) is 12.4 Å². The lowest BCUT2D eigenvalue weighted by molar-refractivity contribution is 0.482. The summed E-state index contributed by atoms with van der Waals surface area (Å²) in [5, 5.41) is 6.81. The van der Waals surface area contributed by atoms with Crippen molar-refractivity contribution in [3.63, 3.8) is 0 Å². The Morgan fingerprint density at radius 1 is 1.05 bits per heavy atom. The summed E-state index contributed by atoms with van der Waals surface area (Å²) in [6, 6.07) is 17.4. The van der Waals surface area contributed by atoms with Gasteiger partial charge in [-0.25, -0.2) is 4.98 Å². The highest BCUT2D eigenvalue weighted by molar-refractivity contribution is 7.13. The molecule has 0 atom stereocenters. The van der Waals surface area contributed by atoms with Crippen LogP contribution in [0.5, 0.6) is 11.5 Å². The van der Waals surface area contributed by atoms with Crippen LogP contribution in [0.4, 0.5) is 5.13 Å². The number of benzene rings is 2. The molecule has 2 aromatic carbocycles. The number of nitrogens with zero attached hydrogens (tertiary/aromatic N) is 2. The van der Waals surface area contributed by atoms with Crippen molar-refractivity contribution in [3.05, 3.63) is 71.7 Å². The molecule has 0 amide bonds. The molecule has 1 N–H and O–H groups in total. The zero-order valence-corrected chi connectivity index (χ0v) is 12.0. The first kappa shape index (κ1) is 13.3. The van der Waals surface area contributed by atoms with Crippen LogP contribution >= 0.6 is 11.3 Å². The first-order valence-corrected chi connectivity index (χ1v) is 7.30. The van der Waals surface area contributed by atoms with E-state index in [9.17, 15) is 0 Å². The van der Waals surface area contributed by atoms with Gasteiger partial charge in [0.1, 0.15) is 11.5 Å². The standard InChI is InChI=1S/C16H13N3OS/c1-2-6-14(7-3-1)20-15-8-4-5-13(11-15)12-18-19-16-17-9-10-21-16/h1-12H,(H,17,19). The summed E-state index contributed by atoms with van der Waals surface area (Å²) >= 11 is 1.50. The van der Waals surface area contributed by atoms with Crippen LogP contribution in [0.25, 0.3) is 0 Å². The number of thiazole rings is 1. The van der Waals surface area contributed by atoms with E-state index in [4.69, 9.17) is 4.74 Å². The average molecular weight is 295 g/mol. The molecule has 1 aromatic heterocycles. The monoisotopic (exact) mass is 295 g/mol. The zero-order valence-electron chi connectivity index (χ0n) is 11.1. The zero-order chi connectivity index (χ0) is 14.3. The van der Waals surface area contributed by atoms with Gasteiger partial charge in [0.05, 0.1) is 6.21 Å². The summed E-state index contributed by atoms with van der Waals surface area (Å²) in [5.74, 6) is 1.59. The Hall–Kier alpha value is -2.66. The molecule has 0 bridgehead atoms. The molecule has 0 saturated carbocycles. The van der Waals surface area contributed by atoms with Gasteiger partial charge in [0.2, 0.25) is 5.13 Å². The van der Waals surface area contributed by atoms with Crippen LogP contribution in [0.1, 0.15) is 5.56 Å². The third-order valence-corrected chi connectivity index (χ3v) is 3.32. The highest BCUT2D eigenvalue weighted by atomic mass is 32.1. The Balaban J connectivity index is 1.67. The summed E-state index contributed by atoms with van der Waals surface area (Å²) in [6.07, 6.45) is 3.47. The predicted octanol–water partition coefficient (Wildman–Crippen LogP) is 4.38. The second-order valence-corrected chi connectivity index (χ2v) is 5.09. The first-order valence-electron chi connectivity index (χ1n) is 6.42. The minimum Gasteiger partial charge on any atom is -0.457 e. The van der Waals surface area contributed by atoms with Crippen molar-refractivity contribution in [3.8, 4) is 11.5 Å². The molecule has 0 saturated heterocycles. The summed E-state index contributed by atoms with van der Waals surface area (Å²) in [5.41, 5.74) is 3.83. The molecule has 21 heavy (non-hydrogen) atoms. The Morgan fingerprint density at radius 2 is 1.90 bits per heavy atom. The molecule has 0 spiro atoms. The topological polar surface area (TPSA) is 46.5 Å². The van der Waals surface area contributed by atoms with Gasteiger partial charge in [0, 0.05) is 11.6 Å². The van der Waals surface area contributed by atoms with Crippen molar-refractivity contribution in [2.24, 2.45) is 5.10 Å². The van der Waals surface area contributed by atoms with E-state index in [0.717, 1.165) is 22.2 Å². The van der Waals surface area contributed by atoms with Crippen LogP contribution in [0.2, 0.25) is 0 Å². The van der Waals surface area contributed by atoms with Crippen molar-refractivity contribution in [2.45, 2.75) is 0 Å². The van der Waals surface area contributed by atoms with Gasteiger partial charge >= 0.3 is 0 Å². The maximum absolute atomic E-state index is 5.78. The number of aromatic nitrogens is 1. The Morgan fingerprint density at radius 3 is 2.71 bits per heavy atom. The van der Waals surface area contributed by atoms with Crippen LogP contribution in [0, 0.1) is 0 Å². The summed E-state index contributed by atoms with van der Waals surface area (Å²) in [7, 11) is 0. The Kier molecular flexibility index (Phi) is 4.24. The quantitative estimate of drug-likeness (QED) is 0.561. The molecule has 0 aliphatic carbocycles. The second-order valence-electron chi connectivity index (χ2n) is 4.19. The number of rotatable bonds is 5. The minimum atomic E-state index is 0.767. The van der Waals surface area contributed by atoms with E-state index in [1.807, 2.05) is 60.0 Å². The molecule has 0 aliphatic rings. The first-order chi connectivity index (χ1) is 10.4. The van der Waals surface area contributed by atoms with Crippen molar-refractivity contribution < 1.29 is 4.74 Å². The highest BCUT2D eigenvalue weighted by Crippen LogP contribution is 2.21. The summed E-state index contributed by atoms with van der Waals surface area (Å²) in [6.45, 7) is 0. The van der Waals surface area contributed by atoms with Gasteiger partial charge in [0.15, 0.2) is 0 Å². The largest absolute Gasteiger partial charge is 0.457 e. The van der Waals surface area contributed by atoms with Crippen LogP contribution in [-0.2, 0) is 0 Å². The van der Waals surface area contributed by atoms with Gasteiger partial charge in [-0.3, -0.25) is 5.43 Å². The lowest BCUT2D eigenvalue weighted by atomic mass is 10.2. The van der Waals surface area contributed by atoms with E-state index in [-0.39, 0.29) is 0 Å². The molecule has 3 aromatic rings. The van der Waals surface area contributed by atoms with Crippen molar-refractivity contribution >= 4 is 22.7 Å². The van der Waals surface area contributed by atoms with Crippen LogP contribution in [0.3, 0.4) is 0 Å². The number of hydrogen-bond acceptors (Lipinski definition) is 5. The number of hydrazone groups is 1. The Bertz CT molecular complexity index is 711. The van der Waals surface area contributed by atoms with Gasteiger partial charge in [-0.2, -0.15) is 5.10 Å². The molecule has 5 heteroatoms. The molecule has 0 unspecified atom stereocenters. The molecule has 0 fully saturated rings. The molecular formula is C16H13N3OS. The van der Waals surface area contributed by atoms with E-state index in [0.29, 0.717) is 0 Å². The van der Waals surface area contributed by atoms with Gasteiger partial charge in [-0.05, 0) is 29.8 Å². The number of ether oxygens (including phenoxy) is 1. The van der Waals surface area contributed by atoms with Gasteiger partial charge < -0.3 is 4.74 Å². The molecule has 3 rings (SSSR count). The second kappa shape index (κ2) is 6.67. The molecule has 4 nitrogen and oxygen atoms in total. The fraction of sp³-hybridized carbons (Fsp3) is 0. The third-order valence-electron chi connectivity index (χ3n) is 2.64. The molecule has 0 aliphatic heterocycles. The minimum absolute atomic E-state index is 0.767. The van der Waals surface area contributed by atoms with Gasteiger partial charge in [-0.1, -0.05) is 30.3 Å². The lowest BCUT2D eigenvalue weighted by Crippen LogP contribution is -1.90. The fourth-order valence-corrected chi connectivity index (χ4v) is 2.20. The van der Waals surface area contributed by atoms with E-state index < -0.39 is 0 Å². The molecule has 104 valence electrons. The average Bonchev–Trinajstić information content (AvgIpc) is 3.02. The number of para-hydroxylation sites is 1. The SMILES string of the molecule is C(=NNc1nccs1)c1cccc(Oc2ccccc2)c1. The highest BCUT2D eigenvalue weighted by Gasteiger charge is 1.97. The number of anilines is 1. The smallest absolute Gasteiger partial charge is 0.203 e. The molecular weight excluding hydrogens is 282 g/mol. The summed E-state index contributed by atoms with van der Waals surface area (Å²) in [4.78, 5) is 4.09. The lowest BCUT2D eigenvalue weighted by Gasteiger charge is -2.05. The van der Waals surface area contributed by atoms with Gasteiger partial charge in [-0.15, -0.1) is 11.3 Å². The molecule has 0 radical (unpaired) electrons. The van der Waals surface area contributed by atoms with Gasteiger partial charge in [0.25, 0.3) is 0 Å². The third kappa shape index (κ3) is 3.90. The normalized spacial score (nSPS) is 10.7. The predicted molar refractivity (Wildman–Crippen MR) is 86.3 cm³/mol. The van der Waals surface area contributed by atoms with E-state index in [1.165, 1.54) is 11.3 Å². The summed E-state index contributed by atoms with van der Waals surface area (Å²) < 4.78 is 5.78. The maximum atomic E-state index is 5.78. The Labute approximate surface area is 126 Å². The van der Waals surface area contributed by atoms with Crippen molar-refractivity contribution in [1.29, 1.82) is 0 Å². The molecule has 1 heterocycles. The van der Waals surface area contributed by atoms with Crippen molar-refractivity contribution in [2.75, 3.05) is 5.43 Å².